The van der Waals surface area contributed by atoms with Crippen LogP contribution in [0, 0.1) is 12.1 Å². The molecule has 1 aliphatic heterocycles. The maximum atomic E-state index is 6.48. The number of aromatic nitrogens is 4. The van der Waals surface area contributed by atoms with Crippen LogP contribution in [0.3, 0.4) is 0 Å². The summed E-state index contributed by atoms with van der Waals surface area (Å²) in [5.74, 6) is 2.07. The van der Waals surface area contributed by atoms with Crippen molar-refractivity contribution in [3.63, 3.8) is 0 Å². The molecule has 0 radical (unpaired) electrons. The van der Waals surface area contributed by atoms with Crippen LogP contribution in [-0.2, 0) is 31.9 Å². The Morgan fingerprint density at radius 2 is 1.43 bits per heavy atom. The van der Waals surface area contributed by atoms with Gasteiger partial charge < -0.3 is 9.30 Å². The SMILES string of the molecule is CC1(C)c2ccc(Oc3[c-]c4c(cc3)c3ccccc3n4-c3ccccn3)[c-]c2-n2ncc(-c3ccccc3)c2C1(C)C.[Pt+2]. The fraction of sp³-hybridized carbons (Fsp3) is 0.158. The van der Waals surface area contributed by atoms with E-state index in [1.807, 2.05) is 48.8 Å². The first-order chi connectivity index (χ1) is 20.8. The molecule has 0 fully saturated rings. The van der Waals surface area contributed by atoms with E-state index in [1.54, 1.807) is 0 Å². The Morgan fingerprint density at radius 1 is 0.705 bits per heavy atom. The zero-order chi connectivity index (χ0) is 29.3. The van der Waals surface area contributed by atoms with Crippen LogP contribution in [0.15, 0.2) is 109 Å². The summed E-state index contributed by atoms with van der Waals surface area (Å²) < 4.78 is 10.7. The van der Waals surface area contributed by atoms with E-state index in [1.165, 1.54) is 11.3 Å². The van der Waals surface area contributed by atoms with Gasteiger partial charge in [-0.05, 0) is 40.3 Å². The third-order valence-corrected chi connectivity index (χ3v) is 9.45. The molecule has 8 rings (SSSR count). The van der Waals surface area contributed by atoms with Crippen molar-refractivity contribution in [1.29, 1.82) is 0 Å². The molecular weight excluding hydrogens is 724 g/mol. The van der Waals surface area contributed by atoms with Gasteiger partial charge in [-0.3, -0.25) is 4.68 Å². The van der Waals surface area contributed by atoms with Gasteiger partial charge in [0.15, 0.2) is 0 Å². The van der Waals surface area contributed by atoms with Gasteiger partial charge in [-0.25, -0.2) is 4.98 Å². The zero-order valence-corrected chi connectivity index (χ0v) is 27.2. The van der Waals surface area contributed by atoms with Crippen LogP contribution >= 0.6 is 0 Å². The quantitative estimate of drug-likeness (QED) is 0.169. The first-order valence-electron chi connectivity index (χ1n) is 14.6. The molecule has 4 aromatic carbocycles. The number of para-hydroxylation sites is 1. The molecule has 0 N–H and O–H groups in total. The predicted molar refractivity (Wildman–Crippen MR) is 171 cm³/mol. The summed E-state index contributed by atoms with van der Waals surface area (Å²) in [6, 6.07) is 40.2. The maximum Gasteiger partial charge on any atom is 2.00 e. The Morgan fingerprint density at radius 3 is 2.23 bits per heavy atom. The topological polar surface area (TPSA) is 44.9 Å². The van der Waals surface area contributed by atoms with Gasteiger partial charge in [-0.1, -0.05) is 87.8 Å². The maximum absolute atomic E-state index is 6.48. The number of hydrogen-bond donors (Lipinski definition) is 0. The van der Waals surface area contributed by atoms with Gasteiger partial charge in [0.05, 0.1) is 11.9 Å². The summed E-state index contributed by atoms with van der Waals surface area (Å²) in [4.78, 5) is 4.64. The Kier molecular flexibility index (Phi) is 6.64. The second-order valence-electron chi connectivity index (χ2n) is 12.2. The number of nitrogens with zero attached hydrogens (tertiary/aromatic N) is 4. The fourth-order valence-electron chi connectivity index (χ4n) is 6.55. The zero-order valence-electron chi connectivity index (χ0n) is 24.9. The van der Waals surface area contributed by atoms with E-state index in [0.29, 0.717) is 11.5 Å². The molecule has 0 spiro atoms. The molecular formula is C38H30N4OPt. The molecule has 3 aromatic heterocycles. The number of ether oxygens (including phenoxy) is 1. The van der Waals surface area contributed by atoms with Crippen LogP contribution in [0.4, 0.5) is 0 Å². The van der Waals surface area contributed by atoms with Crippen LogP contribution < -0.4 is 4.74 Å². The van der Waals surface area contributed by atoms with Crippen molar-refractivity contribution in [2.45, 2.75) is 38.5 Å². The minimum atomic E-state index is -0.185. The van der Waals surface area contributed by atoms with E-state index in [2.05, 4.69) is 115 Å². The molecule has 6 heteroatoms. The molecule has 0 bridgehead atoms. The summed E-state index contributed by atoms with van der Waals surface area (Å²) in [5.41, 5.74) is 7.23. The van der Waals surface area contributed by atoms with E-state index in [-0.39, 0.29) is 31.9 Å². The second kappa shape index (κ2) is 10.3. The van der Waals surface area contributed by atoms with E-state index in [9.17, 15) is 0 Å². The van der Waals surface area contributed by atoms with Crippen molar-refractivity contribution in [3.05, 3.63) is 133 Å². The third-order valence-electron chi connectivity index (χ3n) is 9.45. The molecule has 0 unspecified atom stereocenters. The second-order valence-corrected chi connectivity index (χ2v) is 12.2. The molecule has 0 aliphatic carbocycles. The number of hydrogen-bond acceptors (Lipinski definition) is 3. The van der Waals surface area contributed by atoms with Gasteiger partial charge in [0.1, 0.15) is 5.82 Å². The minimum Gasteiger partial charge on any atom is -0.509 e. The standard InChI is InChI=1S/C38H30N4O.Pt/c1-37(2)31-20-18-27(23-34(31)42-36(38(37,3)4)30(24-40-42)25-12-6-5-7-13-25)43-26-17-19-29-28-14-8-9-15-32(28)41(33(29)22-26)35-16-10-11-21-39-35;/h5-21,24H,1-4H3;/q-2;+2. The summed E-state index contributed by atoms with van der Waals surface area (Å²) >= 11 is 0. The summed E-state index contributed by atoms with van der Waals surface area (Å²) in [5, 5.41) is 7.15. The van der Waals surface area contributed by atoms with Crippen molar-refractivity contribution < 1.29 is 25.8 Å². The number of fused-ring (bicyclic) bond motifs is 6. The largest absolute Gasteiger partial charge is 2.00 e. The van der Waals surface area contributed by atoms with Crippen molar-refractivity contribution >= 4 is 21.8 Å². The summed E-state index contributed by atoms with van der Waals surface area (Å²) in [7, 11) is 0. The van der Waals surface area contributed by atoms with Gasteiger partial charge in [0, 0.05) is 34.2 Å². The van der Waals surface area contributed by atoms with E-state index < -0.39 is 0 Å². The molecule has 0 saturated heterocycles. The number of pyridine rings is 1. The van der Waals surface area contributed by atoms with Crippen LogP contribution in [0.1, 0.15) is 39.0 Å². The van der Waals surface area contributed by atoms with Gasteiger partial charge in [0.25, 0.3) is 0 Å². The molecule has 5 nitrogen and oxygen atoms in total. The first-order valence-corrected chi connectivity index (χ1v) is 14.6. The molecule has 4 heterocycles. The van der Waals surface area contributed by atoms with Crippen LogP contribution in [0.2, 0.25) is 0 Å². The molecule has 0 atom stereocenters. The average molecular weight is 754 g/mol. The molecule has 218 valence electrons. The van der Waals surface area contributed by atoms with Gasteiger partial charge >= 0.3 is 21.1 Å². The summed E-state index contributed by atoms with van der Waals surface area (Å²) in [6.45, 7) is 9.24. The number of benzene rings is 4. The van der Waals surface area contributed by atoms with Crippen LogP contribution in [0.5, 0.6) is 11.5 Å². The van der Waals surface area contributed by atoms with Crippen molar-refractivity contribution in [3.8, 4) is 34.1 Å². The van der Waals surface area contributed by atoms with Crippen LogP contribution in [0.25, 0.3) is 44.4 Å². The van der Waals surface area contributed by atoms with E-state index in [0.717, 1.165) is 44.4 Å². The Hall–Kier alpha value is -4.47. The normalized spacial score (nSPS) is 14.5. The first kappa shape index (κ1) is 28.3. The predicted octanol–water partition coefficient (Wildman–Crippen LogP) is 8.99. The van der Waals surface area contributed by atoms with Crippen molar-refractivity contribution in [2.24, 2.45) is 0 Å². The van der Waals surface area contributed by atoms with Gasteiger partial charge in [-0.15, -0.1) is 35.2 Å². The molecule has 0 saturated carbocycles. The molecule has 44 heavy (non-hydrogen) atoms. The van der Waals surface area contributed by atoms with E-state index in [4.69, 9.17) is 9.84 Å². The van der Waals surface area contributed by atoms with Gasteiger partial charge in [0.2, 0.25) is 0 Å². The van der Waals surface area contributed by atoms with Crippen LogP contribution in [-0.4, -0.2) is 19.3 Å². The van der Waals surface area contributed by atoms with Gasteiger partial charge in [-0.2, -0.15) is 17.2 Å². The third kappa shape index (κ3) is 4.10. The smallest absolute Gasteiger partial charge is 0.509 e. The Balaban J connectivity index is 0.00000312. The molecule has 7 aromatic rings. The molecule has 0 amide bonds. The Bertz CT molecular complexity index is 2160. The Labute approximate surface area is 271 Å². The minimum absolute atomic E-state index is 0. The average Bonchev–Trinajstić information content (AvgIpc) is 3.62. The van der Waals surface area contributed by atoms with Crippen molar-refractivity contribution in [2.75, 3.05) is 0 Å². The van der Waals surface area contributed by atoms with Crippen molar-refractivity contribution in [1.82, 2.24) is 19.3 Å². The summed E-state index contributed by atoms with van der Waals surface area (Å²) in [6.07, 6.45) is 3.80. The monoisotopic (exact) mass is 753 g/mol. The van der Waals surface area contributed by atoms with E-state index >= 15 is 0 Å². The fourth-order valence-corrected chi connectivity index (χ4v) is 6.55. The molecule has 1 aliphatic rings. The number of rotatable bonds is 4.